The number of sulfonamides is 1. The Morgan fingerprint density at radius 2 is 1.80 bits per heavy atom. The van der Waals surface area contributed by atoms with Gasteiger partial charge < -0.3 is 15.7 Å². The van der Waals surface area contributed by atoms with E-state index in [2.05, 4.69) is 15.4 Å². The average Bonchev–Trinajstić information content (AvgIpc) is 2.85. The lowest BCUT2D eigenvalue weighted by Gasteiger charge is -2.31. The second-order valence-electron chi connectivity index (χ2n) is 8.83. The first-order valence-electron chi connectivity index (χ1n) is 11.8. The number of nitrogens with one attached hydrogen (secondary N) is 3. The number of carbonyl (C=O) groups excluding carboxylic acids is 1. The fourth-order valence-corrected chi connectivity index (χ4v) is 5.55. The van der Waals surface area contributed by atoms with Crippen LogP contribution in [-0.4, -0.2) is 32.1 Å². The number of fused-ring (bicyclic) bond motifs is 1. The highest BCUT2D eigenvalue weighted by molar-refractivity contribution is 7.89. The van der Waals surface area contributed by atoms with E-state index in [1.165, 1.54) is 0 Å². The van der Waals surface area contributed by atoms with Gasteiger partial charge in [0, 0.05) is 11.4 Å². The standard InChI is InChI=1S/C27H31N3O4S/c1-3-19-8-13-22(14-9-19)35(33,34)30-27-23-16-21(12-10-20(23)11-15-25(27)31)29-26(32)17-28-24-7-5-4-6-18(24)2/h4-10,12-14,16,25,27-28,30-31H,3,11,15,17H2,1-2H3,(H,29,32)/t25-,27-/m1/s1. The van der Waals surface area contributed by atoms with E-state index in [9.17, 15) is 18.3 Å². The molecule has 3 aromatic carbocycles. The molecule has 1 aliphatic rings. The van der Waals surface area contributed by atoms with Gasteiger partial charge >= 0.3 is 0 Å². The van der Waals surface area contributed by atoms with Crippen LogP contribution in [-0.2, 0) is 27.7 Å². The van der Waals surface area contributed by atoms with E-state index in [1.807, 2.05) is 44.2 Å². The molecule has 35 heavy (non-hydrogen) atoms. The van der Waals surface area contributed by atoms with Gasteiger partial charge in [0.1, 0.15) is 0 Å². The first kappa shape index (κ1) is 24.9. The van der Waals surface area contributed by atoms with Gasteiger partial charge in [-0.1, -0.05) is 43.3 Å². The zero-order valence-corrected chi connectivity index (χ0v) is 20.7. The Morgan fingerprint density at radius 1 is 1.06 bits per heavy atom. The van der Waals surface area contributed by atoms with Gasteiger partial charge in [-0.2, -0.15) is 0 Å². The minimum Gasteiger partial charge on any atom is -0.391 e. The van der Waals surface area contributed by atoms with Crippen molar-refractivity contribution < 1.29 is 18.3 Å². The van der Waals surface area contributed by atoms with Crippen LogP contribution in [0.4, 0.5) is 11.4 Å². The van der Waals surface area contributed by atoms with E-state index in [-0.39, 0.29) is 17.3 Å². The van der Waals surface area contributed by atoms with Gasteiger partial charge in [-0.05, 0) is 78.8 Å². The Hall–Kier alpha value is -3.20. The molecular formula is C27H31N3O4S. The summed E-state index contributed by atoms with van der Waals surface area (Å²) < 4.78 is 28.8. The first-order valence-corrected chi connectivity index (χ1v) is 13.3. The predicted octanol–water partition coefficient (Wildman–Crippen LogP) is 3.93. The van der Waals surface area contributed by atoms with E-state index in [1.54, 1.807) is 36.4 Å². The van der Waals surface area contributed by atoms with Crippen molar-refractivity contribution in [1.29, 1.82) is 0 Å². The Balaban J connectivity index is 1.50. The van der Waals surface area contributed by atoms with Gasteiger partial charge in [-0.3, -0.25) is 4.79 Å². The van der Waals surface area contributed by atoms with Crippen molar-refractivity contribution in [3.63, 3.8) is 0 Å². The van der Waals surface area contributed by atoms with Crippen LogP contribution in [0, 0.1) is 6.92 Å². The summed E-state index contributed by atoms with van der Waals surface area (Å²) in [6, 6.07) is 19.1. The highest BCUT2D eigenvalue weighted by Crippen LogP contribution is 2.33. The van der Waals surface area contributed by atoms with Crippen molar-refractivity contribution in [3.8, 4) is 0 Å². The van der Waals surface area contributed by atoms with Crippen LogP contribution in [0.15, 0.2) is 71.6 Å². The van der Waals surface area contributed by atoms with Crippen molar-refractivity contribution in [2.45, 2.75) is 50.2 Å². The summed E-state index contributed by atoms with van der Waals surface area (Å²) in [7, 11) is -3.85. The molecule has 0 heterocycles. The van der Waals surface area contributed by atoms with Crippen LogP contribution in [0.5, 0.6) is 0 Å². The number of rotatable bonds is 8. The van der Waals surface area contributed by atoms with Crippen LogP contribution in [0.2, 0.25) is 0 Å². The molecule has 0 aliphatic heterocycles. The van der Waals surface area contributed by atoms with Gasteiger partial charge in [-0.15, -0.1) is 0 Å². The molecular weight excluding hydrogens is 462 g/mol. The molecule has 0 unspecified atom stereocenters. The molecule has 184 valence electrons. The first-order chi connectivity index (χ1) is 16.8. The van der Waals surface area contributed by atoms with Gasteiger partial charge in [0.25, 0.3) is 0 Å². The van der Waals surface area contributed by atoms with Gasteiger partial charge in [0.15, 0.2) is 0 Å². The van der Waals surface area contributed by atoms with Crippen LogP contribution in [0.1, 0.15) is 41.6 Å². The molecule has 0 spiro atoms. The molecule has 0 fully saturated rings. The highest BCUT2D eigenvalue weighted by atomic mass is 32.2. The van der Waals surface area contributed by atoms with Crippen LogP contribution >= 0.6 is 0 Å². The van der Waals surface area contributed by atoms with Crippen molar-refractivity contribution in [2.24, 2.45) is 0 Å². The number of carbonyl (C=O) groups is 1. The predicted molar refractivity (Wildman–Crippen MR) is 138 cm³/mol. The Labute approximate surface area is 206 Å². The number of aryl methyl sites for hydroxylation is 3. The van der Waals surface area contributed by atoms with E-state index < -0.39 is 22.2 Å². The third-order valence-corrected chi connectivity index (χ3v) is 7.82. The summed E-state index contributed by atoms with van der Waals surface area (Å²) in [6.07, 6.45) is 1.02. The molecule has 3 aromatic rings. The molecule has 0 aromatic heterocycles. The van der Waals surface area contributed by atoms with Crippen molar-refractivity contribution in [1.82, 2.24) is 4.72 Å². The molecule has 0 saturated carbocycles. The fraction of sp³-hybridized carbons (Fsp3) is 0.296. The third kappa shape index (κ3) is 5.90. The molecule has 8 heteroatoms. The summed E-state index contributed by atoms with van der Waals surface area (Å²) in [5, 5.41) is 16.7. The molecule has 4 N–H and O–H groups in total. The molecule has 0 saturated heterocycles. The van der Waals surface area contributed by atoms with E-state index >= 15 is 0 Å². The summed E-state index contributed by atoms with van der Waals surface area (Å²) in [4.78, 5) is 12.7. The second-order valence-corrected chi connectivity index (χ2v) is 10.5. The number of anilines is 2. The topological polar surface area (TPSA) is 108 Å². The highest BCUT2D eigenvalue weighted by Gasteiger charge is 2.32. The number of para-hydroxylation sites is 1. The SMILES string of the molecule is CCc1ccc(S(=O)(=O)N[C@@H]2c3cc(NC(=O)CNc4ccccc4C)ccc3CC[C@H]2O)cc1. The minimum atomic E-state index is -3.85. The van der Waals surface area contributed by atoms with E-state index in [4.69, 9.17) is 0 Å². The summed E-state index contributed by atoms with van der Waals surface area (Å²) in [5.74, 6) is -0.224. The smallest absolute Gasteiger partial charge is 0.243 e. The zero-order chi connectivity index (χ0) is 25.0. The Morgan fingerprint density at radius 3 is 2.51 bits per heavy atom. The maximum atomic E-state index is 13.1. The van der Waals surface area contributed by atoms with Crippen LogP contribution in [0.3, 0.4) is 0 Å². The number of aliphatic hydroxyl groups excluding tert-OH is 1. The van der Waals surface area contributed by atoms with Gasteiger partial charge in [-0.25, -0.2) is 13.1 Å². The quantitative estimate of drug-likeness (QED) is 0.380. The fourth-order valence-electron chi connectivity index (χ4n) is 4.30. The number of amides is 1. The molecule has 2 atom stereocenters. The molecule has 0 bridgehead atoms. The molecule has 1 amide bonds. The largest absolute Gasteiger partial charge is 0.391 e. The van der Waals surface area contributed by atoms with Crippen LogP contribution < -0.4 is 15.4 Å². The summed E-state index contributed by atoms with van der Waals surface area (Å²) >= 11 is 0. The summed E-state index contributed by atoms with van der Waals surface area (Å²) in [6.45, 7) is 4.06. The Kier molecular flexibility index (Phi) is 7.54. The average molecular weight is 494 g/mol. The zero-order valence-electron chi connectivity index (χ0n) is 19.9. The number of hydrogen-bond donors (Lipinski definition) is 4. The van der Waals surface area contributed by atoms with Gasteiger partial charge in [0.05, 0.1) is 23.6 Å². The number of aliphatic hydroxyl groups is 1. The molecule has 4 rings (SSSR count). The van der Waals surface area contributed by atoms with Crippen molar-refractivity contribution in [2.75, 3.05) is 17.2 Å². The normalized spacial score (nSPS) is 17.5. The molecule has 7 nitrogen and oxygen atoms in total. The van der Waals surface area contributed by atoms with Gasteiger partial charge in [0.2, 0.25) is 15.9 Å². The Bertz CT molecular complexity index is 1310. The van der Waals surface area contributed by atoms with Crippen LogP contribution in [0.25, 0.3) is 0 Å². The van der Waals surface area contributed by atoms with E-state index in [0.717, 1.165) is 28.8 Å². The lowest BCUT2D eigenvalue weighted by atomic mass is 9.86. The van der Waals surface area contributed by atoms with Crippen molar-refractivity contribution >= 4 is 27.3 Å². The lowest BCUT2D eigenvalue weighted by molar-refractivity contribution is -0.114. The minimum absolute atomic E-state index is 0.0916. The second kappa shape index (κ2) is 10.6. The lowest BCUT2D eigenvalue weighted by Crippen LogP contribution is -2.39. The maximum absolute atomic E-state index is 13.1. The number of benzene rings is 3. The maximum Gasteiger partial charge on any atom is 0.243 e. The van der Waals surface area contributed by atoms with E-state index in [0.29, 0.717) is 24.1 Å². The molecule has 0 radical (unpaired) electrons. The molecule has 1 aliphatic carbocycles. The third-order valence-electron chi connectivity index (χ3n) is 6.37. The number of hydrogen-bond acceptors (Lipinski definition) is 5. The van der Waals surface area contributed by atoms with Crippen molar-refractivity contribution in [3.05, 3.63) is 89.0 Å². The monoisotopic (exact) mass is 493 g/mol. The summed E-state index contributed by atoms with van der Waals surface area (Å²) in [5.41, 5.74) is 5.14.